The first kappa shape index (κ1) is 18.3. The third kappa shape index (κ3) is 6.18. The molecule has 0 fully saturated rings. The lowest BCUT2D eigenvalue weighted by Gasteiger charge is -2.10. The molecule has 0 spiro atoms. The Morgan fingerprint density at radius 1 is 1.00 bits per heavy atom. The maximum atomic E-state index is 11.8. The van der Waals surface area contributed by atoms with Crippen LogP contribution in [0.3, 0.4) is 0 Å². The van der Waals surface area contributed by atoms with Gasteiger partial charge in [0.2, 0.25) is 0 Å². The molecule has 1 amide bonds. The lowest BCUT2D eigenvalue weighted by molar-refractivity contribution is -0.123. The van der Waals surface area contributed by atoms with Gasteiger partial charge in [-0.25, -0.2) is 5.43 Å². The number of carbonyl (C=O) groups excluding carboxylic acids is 1. The van der Waals surface area contributed by atoms with Crippen LogP contribution in [0.1, 0.15) is 19.4 Å². The quantitative estimate of drug-likeness (QED) is 0.562. The van der Waals surface area contributed by atoms with E-state index >= 15 is 0 Å². The highest BCUT2D eigenvalue weighted by molar-refractivity contribution is 5.85. The summed E-state index contributed by atoms with van der Waals surface area (Å²) >= 11 is 0. The normalized spacial score (nSPS) is 10.5. The zero-order chi connectivity index (χ0) is 17.9. The van der Waals surface area contributed by atoms with Crippen molar-refractivity contribution >= 4 is 12.1 Å². The van der Waals surface area contributed by atoms with Crippen molar-refractivity contribution in [1.29, 1.82) is 0 Å². The van der Waals surface area contributed by atoms with E-state index in [0.717, 1.165) is 11.3 Å². The van der Waals surface area contributed by atoms with Gasteiger partial charge in [0.15, 0.2) is 6.61 Å². The first-order valence-electron chi connectivity index (χ1n) is 8.12. The van der Waals surface area contributed by atoms with E-state index in [1.165, 1.54) is 6.21 Å². The van der Waals surface area contributed by atoms with Crippen molar-refractivity contribution in [3.05, 3.63) is 54.1 Å². The lowest BCUT2D eigenvalue weighted by atomic mass is 10.2. The number of amides is 1. The van der Waals surface area contributed by atoms with E-state index in [1.807, 2.05) is 44.2 Å². The molecule has 0 saturated heterocycles. The number of benzene rings is 2. The van der Waals surface area contributed by atoms with Gasteiger partial charge in [0, 0.05) is 11.6 Å². The van der Waals surface area contributed by atoms with Crippen molar-refractivity contribution in [2.45, 2.75) is 13.8 Å². The van der Waals surface area contributed by atoms with Gasteiger partial charge < -0.3 is 14.2 Å². The Morgan fingerprint density at radius 2 is 1.76 bits per heavy atom. The van der Waals surface area contributed by atoms with Gasteiger partial charge >= 0.3 is 0 Å². The van der Waals surface area contributed by atoms with Crippen LogP contribution in [0.5, 0.6) is 17.2 Å². The fourth-order valence-corrected chi connectivity index (χ4v) is 2.03. The molecular formula is C19H22N2O4. The van der Waals surface area contributed by atoms with E-state index in [9.17, 15) is 4.79 Å². The van der Waals surface area contributed by atoms with Gasteiger partial charge in [-0.15, -0.1) is 0 Å². The third-order valence-corrected chi connectivity index (χ3v) is 3.10. The summed E-state index contributed by atoms with van der Waals surface area (Å²) in [5.41, 5.74) is 3.17. The van der Waals surface area contributed by atoms with Gasteiger partial charge in [-0.3, -0.25) is 4.79 Å². The van der Waals surface area contributed by atoms with Gasteiger partial charge in [-0.05, 0) is 38.1 Å². The molecule has 6 nitrogen and oxygen atoms in total. The molecular weight excluding hydrogens is 320 g/mol. The summed E-state index contributed by atoms with van der Waals surface area (Å²) in [5, 5.41) is 3.95. The molecule has 132 valence electrons. The highest BCUT2D eigenvalue weighted by Gasteiger charge is 2.05. The molecule has 0 aliphatic carbocycles. The van der Waals surface area contributed by atoms with Crippen LogP contribution in [-0.2, 0) is 4.79 Å². The maximum Gasteiger partial charge on any atom is 0.277 e. The number of hydrogen-bond acceptors (Lipinski definition) is 5. The molecule has 0 bridgehead atoms. The number of hydrazone groups is 1. The highest BCUT2D eigenvalue weighted by atomic mass is 16.5. The minimum Gasteiger partial charge on any atom is -0.494 e. The fourth-order valence-electron chi connectivity index (χ4n) is 2.03. The molecule has 0 aromatic heterocycles. The maximum absolute atomic E-state index is 11.8. The van der Waals surface area contributed by atoms with Gasteiger partial charge in [-0.1, -0.05) is 18.2 Å². The Hall–Kier alpha value is -3.02. The lowest BCUT2D eigenvalue weighted by Crippen LogP contribution is -2.24. The van der Waals surface area contributed by atoms with E-state index < -0.39 is 0 Å². The van der Waals surface area contributed by atoms with Crippen molar-refractivity contribution in [3.63, 3.8) is 0 Å². The van der Waals surface area contributed by atoms with Crippen LogP contribution >= 0.6 is 0 Å². The first-order chi connectivity index (χ1) is 12.2. The smallest absolute Gasteiger partial charge is 0.277 e. The number of rotatable bonds is 9. The summed E-state index contributed by atoms with van der Waals surface area (Å²) < 4.78 is 16.4. The van der Waals surface area contributed by atoms with E-state index in [4.69, 9.17) is 14.2 Å². The average Bonchev–Trinajstić information content (AvgIpc) is 2.63. The van der Waals surface area contributed by atoms with Crippen molar-refractivity contribution < 1.29 is 19.0 Å². The molecule has 0 heterocycles. The molecule has 2 rings (SSSR count). The zero-order valence-electron chi connectivity index (χ0n) is 14.4. The molecule has 0 aliphatic rings. The topological polar surface area (TPSA) is 69.2 Å². The minimum absolute atomic E-state index is 0.108. The SMILES string of the molecule is CCOc1ccc(/C=N\NC(=O)COc2ccccc2)c(OCC)c1. The van der Waals surface area contributed by atoms with Gasteiger partial charge in [0.25, 0.3) is 5.91 Å². The molecule has 0 radical (unpaired) electrons. The number of ether oxygens (including phenoxy) is 3. The zero-order valence-corrected chi connectivity index (χ0v) is 14.4. The molecule has 6 heteroatoms. The van der Waals surface area contributed by atoms with E-state index in [0.29, 0.717) is 24.7 Å². The fraction of sp³-hybridized carbons (Fsp3) is 0.263. The van der Waals surface area contributed by atoms with Crippen LogP contribution in [0.4, 0.5) is 0 Å². The second-order valence-electron chi connectivity index (χ2n) is 4.96. The molecule has 0 aliphatic heterocycles. The van der Waals surface area contributed by atoms with Gasteiger partial charge in [-0.2, -0.15) is 5.10 Å². The Morgan fingerprint density at radius 3 is 2.48 bits per heavy atom. The summed E-state index contributed by atoms with van der Waals surface area (Å²) in [6, 6.07) is 14.6. The summed E-state index contributed by atoms with van der Waals surface area (Å²) in [6.45, 7) is 4.81. The van der Waals surface area contributed by atoms with Crippen LogP contribution < -0.4 is 19.6 Å². The molecule has 0 saturated carbocycles. The molecule has 0 atom stereocenters. The van der Waals surface area contributed by atoms with E-state index in [-0.39, 0.29) is 12.5 Å². The molecule has 0 unspecified atom stereocenters. The molecule has 1 N–H and O–H groups in total. The molecule has 2 aromatic rings. The van der Waals surface area contributed by atoms with Crippen molar-refractivity contribution in [3.8, 4) is 17.2 Å². The Labute approximate surface area is 147 Å². The van der Waals surface area contributed by atoms with Crippen LogP contribution in [-0.4, -0.2) is 31.9 Å². The average molecular weight is 342 g/mol. The van der Waals surface area contributed by atoms with Crippen molar-refractivity contribution in [2.24, 2.45) is 5.10 Å². The Bertz CT molecular complexity index is 702. The van der Waals surface area contributed by atoms with E-state index in [2.05, 4.69) is 10.5 Å². The molecule has 25 heavy (non-hydrogen) atoms. The summed E-state index contributed by atoms with van der Waals surface area (Å²) in [6.07, 6.45) is 1.53. The summed E-state index contributed by atoms with van der Waals surface area (Å²) in [5.74, 6) is 1.66. The predicted octanol–water partition coefficient (Wildman–Crippen LogP) is 3.01. The number of para-hydroxylation sites is 1. The number of nitrogens with zero attached hydrogens (tertiary/aromatic N) is 1. The van der Waals surface area contributed by atoms with Crippen LogP contribution in [0.2, 0.25) is 0 Å². The Balaban J connectivity index is 1.90. The number of carbonyl (C=O) groups is 1. The van der Waals surface area contributed by atoms with Crippen molar-refractivity contribution in [1.82, 2.24) is 5.43 Å². The summed E-state index contributed by atoms with van der Waals surface area (Å²) in [7, 11) is 0. The first-order valence-corrected chi connectivity index (χ1v) is 8.12. The monoisotopic (exact) mass is 342 g/mol. The Kier molecular flexibility index (Phi) is 7.31. The van der Waals surface area contributed by atoms with Gasteiger partial charge in [0.1, 0.15) is 17.2 Å². The number of hydrogen-bond donors (Lipinski definition) is 1. The number of nitrogens with one attached hydrogen (secondary N) is 1. The van der Waals surface area contributed by atoms with Crippen LogP contribution in [0.15, 0.2) is 53.6 Å². The van der Waals surface area contributed by atoms with Gasteiger partial charge in [0.05, 0.1) is 19.4 Å². The van der Waals surface area contributed by atoms with Crippen molar-refractivity contribution in [2.75, 3.05) is 19.8 Å². The second kappa shape index (κ2) is 9.97. The third-order valence-electron chi connectivity index (χ3n) is 3.10. The highest BCUT2D eigenvalue weighted by Crippen LogP contribution is 2.23. The summed E-state index contributed by atoms with van der Waals surface area (Å²) in [4.78, 5) is 11.8. The van der Waals surface area contributed by atoms with Crippen LogP contribution in [0.25, 0.3) is 0 Å². The second-order valence-corrected chi connectivity index (χ2v) is 4.96. The largest absolute Gasteiger partial charge is 0.494 e. The predicted molar refractivity (Wildman–Crippen MR) is 96.5 cm³/mol. The minimum atomic E-state index is -0.344. The standard InChI is InChI=1S/C19H22N2O4/c1-3-23-17-11-10-15(18(12-17)24-4-2)13-20-21-19(22)14-25-16-8-6-5-7-9-16/h5-13H,3-4,14H2,1-2H3,(H,21,22)/b20-13-. The van der Waals surface area contributed by atoms with Crippen LogP contribution in [0, 0.1) is 0 Å². The molecule has 2 aromatic carbocycles. The van der Waals surface area contributed by atoms with E-state index in [1.54, 1.807) is 18.2 Å².